The number of hydrogen-bond acceptors (Lipinski definition) is 3. The van der Waals surface area contributed by atoms with Crippen molar-refractivity contribution in [3.05, 3.63) is 46.9 Å². The zero-order valence-electron chi connectivity index (χ0n) is 11.5. The predicted octanol–water partition coefficient (Wildman–Crippen LogP) is 4.80. The van der Waals surface area contributed by atoms with Crippen LogP contribution in [0.2, 0.25) is 5.15 Å². The van der Waals surface area contributed by atoms with Crippen LogP contribution in [0.1, 0.15) is 24.5 Å². The number of fused-ring (bicyclic) bond motifs is 1. The third-order valence-electron chi connectivity index (χ3n) is 3.30. The molecule has 0 spiro atoms. The minimum absolute atomic E-state index is 0.508. The van der Waals surface area contributed by atoms with E-state index in [1.165, 1.54) is 11.9 Å². The van der Waals surface area contributed by atoms with Gasteiger partial charge < -0.3 is 4.42 Å². The highest BCUT2D eigenvalue weighted by Gasteiger charge is 2.15. The lowest BCUT2D eigenvalue weighted by Crippen LogP contribution is -1.95. The highest BCUT2D eigenvalue weighted by molar-refractivity contribution is 6.30. The Labute approximate surface area is 122 Å². The highest BCUT2D eigenvalue weighted by atomic mass is 35.5. The zero-order valence-corrected chi connectivity index (χ0v) is 12.2. The second-order valence-electron chi connectivity index (χ2n) is 4.89. The van der Waals surface area contributed by atoms with E-state index in [9.17, 15) is 0 Å². The maximum Gasteiger partial charge on any atom is 0.154 e. The first-order valence-electron chi connectivity index (χ1n) is 6.69. The van der Waals surface area contributed by atoms with Crippen LogP contribution in [-0.4, -0.2) is 9.97 Å². The molecule has 0 saturated carbocycles. The molecule has 0 aliphatic rings. The lowest BCUT2D eigenvalue weighted by molar-refractivity contribution is 0.626. The van der Waals surface area contributed by atoms with Gasteiger partial charge in [-0.3, -0.25) is 0 Å². The molecule has 0 N–H and O–H groups in total. The monoisotopic (exact) mass is 286 g/mol. The molecule has 0 aliphatic heterocycles. The van der Waals surface area contributed by atoms with Gasteiger partial charge in [0.2, 0.25) is 0 Å². The minimum Gasteiger partial charge on any atom is -0.454 e. The Hall–Kier alpha value is -1.87. The summed E-state index contributed by atoms with van der Waals surface area (Å²) in [6, 6.07) is 8.14. The average molecular weight is 287 g/mol. The topological polar surface area (TPSA) is 38.9 Å². The van der Waals surface area contributed by atoms with Crippen LogP contribution in [0.15, 0.2) is 35.0 Å². The van der Waals surface area contributed by atoms with E-state index < -0.39 is 0 Å². The lowest BCUT2D eigenvalue weighted by Gasteiger charge is -2.05. The Bertz CT molecular complexity index is 764. The number of halogens is 1. The number of aromatic nitrogens is 2. The fourth-order valence-electron chi connectivity index (χ4n) is 2.35. The summed E-state index contributed by atoms with van der Waals surface area (Å²) >= 11 is 6.19. The van der Waals surface area contributed by atoms with Crippen LogP contribution in [0, 0.1) is 6.92 Å². The SMILES string of the molecule is CCCc1c(Cl)ncnc1-c1cc2cc(C)ccc2o1. The second kappa shape index (κ2) is 5.25. The van der Waals surface area contributed by atoms with Gasteiger partial charge in [-0.25, -0.2) is 9.97 Å². The quantitative estimate of drug-likeness (QED) is 0.649. The molecular weight excluding hydrogens is 272 g/mol. The van der Waals surface area contributed by atoms with Gasteiger partial charge in [-0.15, -0.1) is 0 Å². The van der Waals surface area contributed by atoms with Gasteiger partial charge in [0.05, 0.1) is 0 Å². The third-order valence-corrected chi connectivity index (χ3v) is 3.62. The predicted molar refractivity (Wildman–Crippen MR) is 81.0 cm³/mol. The number of nitrogens with zero attached hydrogens (tertiary/aromatic N) is 2. The molecule has 0 unspecified atom stereocenters. The van der Waals surface area contributed by atoms with Crippen LogP contribution in [-0.2, 0) is 6.42 Å². The number of aryl methyl sites for hydroxylation is 1. The average Bonchev–Trinajstić information content (AvgIpc) is 2.84. The van der Waals surface area contributed by atoms with Gasteiger partial charge in [0.1, 0.15) is 22.8 Å². The van der Waals surface area contributed by atoms with Crippen LogP contribution >= 0.6 is 11.6 Å². The molecule has 0 amide bonds. The van der Waals surface area contributed by atoms with Crippen molar-refractivity contribution in [3.63, 3.8) is 0 Å². The van der Waals surface area contributed by atoms with Crippen molar-refractivity contribution in [1.29, 1.82) is 0 Å². The van der Waals surface area contributed by atoms with E-state index in [-0.39, 0.29) is 0 Å². The number of benzene rings is 1. The van der Waals surface area contributed by atoms with E-state index >= 15 is 0 Å². The molecule has 3 aromatic rings. The Morgan fingerprint density at radius 2 is 2.05 bits per heavy atom. The van der Waals surface area contributed by atoms with Gasteiger partial charge in [-0.1, -0.05) is 36.6 Å². The molecule has 0 fully saturated rings. The van der Waals surface area contributed by atoms with E-state index in [0.717, 1.165) is 40.8 Å². The number of rotatable bonds is 3. The molecule has 0 radical (unpaired) electrons. The van der Waals surface area contributed by atoms with Crippen molar-refractivity contribution in [1.82, 2.24) is 9.97 Å². The maximum atomic E-state index is 6.19. The summed E-state index contributed by atoms with van der Waals surface area (Å²) in [5.74, 6) is 0.748. The molecule has 2 heterocycles. The molecule has 0 bridgehead atoms. The van der Waals surface area contributed by atoms with Gasteiger partial charge in [0.25, 0.3) is 0 Å². The first-order chi connectivity index (χ1) is 9.69. The normalized spacial score (nSPS) is 11.2. The molecule has 0 saturated heterocycles. The fraction of sp³-hybridized carbons (Fsp3) is 0.250. The summed E-state index contributed by atoms with van der Waals surface area (Å²) in [6.07, 6.45) is 3.31. The van der Waals surface area contributed by atoms with Gasteiger partial charge in [0, 0.05) is 10.9 Å². The van der Waals surface area contributed by atoms with E-state index in [0.29, 0.717) is 5.15 Å². The molecule has 20 heavy (non-hydrogen) atoms. The van der Waals surface area contributed by atoms with Crippen molar-refractivity contribution in [2.45, 2.75) is 26.7 Å². The largest absolute Gasteiger partial charge is 0.454 e. The standard InChI is InChI=1S/C16H15ClN2O/c1-3-4-12-15(18-9-19-16(12)17)14-8-11-7-10(2)5-6-13(11)20-14/h5-9H,3-4H2,1-2H3. The van der Waals surface area contributed by atoms with Crippen LogP contribution in [0.5, 0.6) is 0 Å². The van der Waals surface area contributed by atoms with Crippen LogP contribution in [0.3, 0.4) is 0 Å². The maximum absolute atomic E-state index is 6.19. The Morgan fingerprint density at radius 1 is 1.20 bits per heavy atom. The molecule has 1 aromatic carbocycles. The van der Waals surface area contributed by atoms with Crippen molar-refractivity contribution >= 4 is 22.6 Å². The van der Waals surface area contributed by atoms with Crippen LogP contribution in [0.25, 0.3) is 22.4 Å². The molecule has 0 aliphatic carbocycles. The minimum atomic E-state index is 0.508. The van der Waals surface area contributed by atoms with E-state index in [4.69, 9.17) is 16.0 Å². The van der Waals surface area contributed by atoms with Gasteiger partial charge in [-0.2, -0.15) is 0 Å². The summed E-state index contributed by atoms with van der Waals surface area (Å²) in [6.45, 7) is 4.17. The van der Waals surface area contributed by atoms with Crippen LogP contribution in [0.4, 0.5) is 0 Å². The zero-order chi connectivity index (χ0) is 14.1. The molecule has 4 heteroatoms. The number of hydrogen-bond donors (Lipinski definition) is 0. The smallest absolute Gasteiger partial charge is 0.154 e. The molecule has 3 nitrogen and oxygen atoms in total. The summed E-state index contributed by atoms with van der Waals surface area (Å²) in [7, 11) is 0. The van der Waals surface area contributed by atoms with E-state index in [1.54, 1.807) is 0 Å². The first kappa shape index (κ1) is 13.1. The molecular formula is C16H15ClN2O. The Balaban J connectivity index is 2.17. The summed E-state index contributed by atoms with van der Waals surface area (Å²) in [5.41, 5.74) is 3.82. The molecule has 3 rings (SSSR count). The van der Waals surface area contributed by atoms with Crippen molar-refractivity contribution in [3.8, 4) is 11.5 Å². The van der Waals surface area contributed by atoms with Gasteiger partial charge in [-0.05, 0) is 31.5 Å². The van der Waals surface area contributed by atoms with Crippen molar-refractivity contribution in [2.75, 3.05) is 0 Å². The highest BCUT2D eigenvalue weighted by Crippen LogP contribution is 2.31. The Morgan fingerprint density at radius 3 is 2.85 bits per heavy atom. The van der Waals surface area contributed by atoms with E-state index in [2.05, 4.69) is 29.9 Å². The molecule has 102 valence electrons. The fourth-order valence-corrected chi connectivity index (χ4v) is 2.58. The number of furan rings is 1. The van der Waals surface area contributed by atoms with Gasteiger partial charge >= 0.3 is 0 Å². The second-order valence-corrected chi connectivity index (χ2v) is 5.25. The summed E-state index contributed by atoms with van der Waals surface area (Å²) in [5, 5.41) is 1.59. The van der Waals surface area contributed by atoms with Crippen molar-refractivity contribution in [2.24, 2.45) is 0 Å². The van der Waals surface area contributed by atoms with E-state index in [1.807, 2.05) is 18.2 Å². The Kier molecular flexibility index (Phi) is 3.45. The lowest BCUT2D eigenvalue weighted by atomic mass is 10.1. The summed E-state index contributed by atoms with van der Waals surface area (Å²) < 4.78 is 5.90. The van der Waals surface area contributed by atoms with Crippen molar-refractivity contribution < 1.29 is 4.42 Å². The molecule has 0 atom stereocenters. The van der Waals surface area contributed by atoms with Crippen LogP contribution < -0.4 is 0 Å². The first-order valence-corrected chi connectivity index (χ1v) is 7.06. The van der Waals surface area contributed by atoms with Gasteiger partial charge in [0.15, 0.2) is 5.76 Å². The summed E-state index contributed by atoms with van der Waals surface area (Å²) in [4.78, 5) is 8.42. The molecule has 2 aromatic heterocycles. The third kappa shape index (κ3) is 2.29.